The summed E-state index contributed by atoms with van der Waals surface area (Å²) >= 11 is 0. The first-order chi connectivity index (χ1) is 7.03. The maximum absolute atomic E-state index is 13.6. The largest absolute Gasteiger partial charge is 0.476 e. The minimum Gasteiger partial charge on any atom is -0.476 e. The van der Waals surface area contributed by atoms with E-state index in [4.69, 9.17) is 5.11 Å². The second-order valence-electron chi connectivity index (χ2n) is 3.26. The molecule has 1 aromatic carbocycles. The van der Waals surface area contributed by atoms with Crippen LogP contribution in [0.3, 0.4) is 0 Å². The number of hydrogen-bond donors (Lipinski definition) is 1. The fraction of sp³-hybridized carbons (Fsp3) is 0.200. The van der Waals surface area contributed by atoms with Crippen LogP contribution in [-0.2, 0) is 16.0 Å². The predicted molar refractivity (Wildman–Crippen MR) is 47.0 cm³/mol. The fourth-order valence-corrected chi connectivity index (χ4v) is 1.48. The summed E-state index contributed by atoms with van der Waals surface area (Å²) in [6.45, 7) is 0. The quantitative estimate of drug-likeness (QED) is 0.706. The number of ether oxygens (including phenoxy) is 1. The van der Waals surface area contributed by atoms with Gasteiger partial charge in [-0.25, -0.2) is 9.59 Å². The first-order valence-corrected chi connectivity index (χ1v) is 4.26. The monoisotopic (exact) mass is 210 g/mol. The summed E-state index contributed by atoms with van der Waals surface area (Å²) in [5, 5.41) is 8.59. The van der Waals surface area contributed by atoms with Crippen molar-refractivity contribution in [2.75, 3.05) is 0 Å². The minimum atomic E-state index is -2.94. The molecule has 0 saturated carbocycles. The lowest BCUT2D eigenvalue weighted by Crippen LogP contribution is -2.44. The van der Waals surface area contributed by atoms with Crippen LogP contribution < -0.4 is 0 Å². The zero-order chi connectivity index (χ0) is 11.1. The first kappa shape index (κ1) is 9.64. The molecule has 2 rings (SSSR count). The van der Waals surface area contributed by atoms with Crippen molar-refractivity contribution in [1.29, 1.82) is 0 Å². The summed E-state index contributed by atoms with van der Waals surface area (Å²) in [4.78, 5) is 21.9. The first-order valence-electron chi connectivity index (χ1n) is 4.26. The average molecular weight is 210 g/mol. The van der Waals surface area contributed by atoms with Crippen LogP contribution in [0.4, 0.5) is 4.39 Å². The Kier molecular flexibility index (Phi) is 1.96. The smallest absolute Gasteiger partial charge is 0.382 e. The van der Waals surface area contributed by atoms with E-state index >= 15 is 0 Å². The second kappa shape index (κ2) is 3.05. The van der Waals surface area contributed by atoms with Crippen LogP contribution in [0.2, 0.25) is 0 Å². The van der Waals surface area contributed by atoms with Crippen LogP contribution in [0.15, 0.2) is 24.3 Å². The van der Waals surface area contributed by atoms with Crippen LogP contribution in [-0.4, -0.2) is 22.9 Å². The number of alkyl halides is 1. The van der Waals surface area contributed by atoms with E-state index in [1.165, 1.54) is 12.1 Å². The number of aliphatic carboxylic acids is 1. The molecule has 1 aromatic rings. The number of carboxylic acids is 1. The number of benzene rings is 1. The topological polar surface area (TPSA) is 63.6 Å². The van der Waals surface area contributed by atoms with Crippen molar-refractivity contribution in [2.45, 2.75) is 12.3 Å². The Morgan fingerprint density at radius 2 is 2.13 bits per heavy atom. The summed E-state index contributed by atoms with van der Waals surface area (Å²) < 4.78 is 17.8. The van der Waals surface area contributed by atoms with E-state index < -0.39 is 24.2 Å². The molecule has 0 spiro atoms. The number of carbonyl (C=O) groups is 2. The molecule has 1 atom stereocenters. The lowest BCUT2D eigenvalue weighted by atomic mass is 9.97. The van der Waals surface area contributed by atoms with Crippen LogP contribution in [0.5, 0.6) is 0 Å². The van der Waals surface area contributed by atoms with Crippen LogP contribution in [0, 0.1) is 0 Å². The molecule has 15 heavy (non-hydrogen) atoms. The van der Waals surface area contributed by atoms with Gasteiger partial charge < -0.3 is 9.84 Å². The van der Waals surface area contributed by atoms with E-state index in [0.29, 0.717) is 5.56 Å². The van der Waals surface area contributed by atoms with Crippen LogP contribution in [0.1, 0.15) is 15.9 Å². The normalized spacial score (nSPS) is 24.2. The number of hydrogen-bond acceptors (Lipinski definition) is 3. The van der Waals surface area contributed by atoms with E-state index in [-0.39, 0.29) is 5.56 Å². The molecular weight excluding hydrogens is 203 g/mol. The van der Waals surface area contributed by atoms with E-state index in [9.17, 15) is 14.0 Å². The molecular formula is C10H7FO4. The van der Waals surface area contributed by atoms with Gasteiger partial charge in [-0.3, -0.25) is 0 Å². The average Bonchev–Trinajstić information content (AvgIpc) is 2.17. The van der Waals surface area contributed by atoms with Gasteiger partial charge in [0.05, 0.1) is 12.0 Å². The van der Waals surface area contributed by atoms with Gasteiger partial charge in [0.25, 0.3) is 0 Å². The molecule has 1 aliphatic heterocycles. The van der Waals surface area contributed by atoms with E-state index in [2.05, 4.69) is 4.74 Å². The third-order valence-corrected chi connectivity index (χ3v) is 2.23. The van der Waals surface area contributed by atoms with Gasteiger partial charge in [-0.15, -0.1) is 0 Å². The maximum Gasteiger partial charge on any atom is 0.382 e. The Hall–Kier alpha value is -1.91. The van der Waals surface area contributed by atoms with Crippen molar-refractivity contribution in [3.63, 3.8) is 0 Å². The Morgan fingerprint density at radius 1 is 1.47 bits per heavy atom. The lowest BCUT2D eigenvalue weighted by Gasteiger charge is -2.26. The zero-order valence-electron chi connectivity index (χ0n) is 7.57. The summed E-state index contributed by atoms with van der Waals surface area (Å²) in [7, 11) is 0. The summed E-state index contributed by atoms with van der Waals surface area (Å²) in [5.74, 6) is -5.67. The van der Waals surface area contributed by atoms with Gasteiger partial charge >= 0.3 is 17.8 Å². The zero-order valence-corrected chi connectivity index (χ0v) is 7.57. The molecule has 0 amide bonds. The molecule has 0 saturated heterocycles. The van der Waals surface area contributed by atoms with Gasteiger partial charge in [0, 0.05) is 0 Å². The van der Waals surface area contributed by atoms with E-state index in [1.807, 2.05) is 0 Å². The Morgan fingerprint density at radius 3 is 2.80 bits per heavy atom. The Bertz CT molecular complexity index is 443. The third kappa shape index (κ3) is 1.45. The molecule has 0 aromatic heterocycles. The molecule has 78 valence electrons. The van der Waals surface area contributed by atoms with Gasteiger partial charge in [-0.2, -0.15) is 4.39 Å². The van der Waals surface area contributed by atoms with Gasteiger partial charge in [0.15, 0.2) is 0 Å². The molecule has 5 heteroatoms. The molecule has 1 N–H and O–H groups in total. The molecule has 0 radical (unpaired) electrons. The summed E-state index contributed by atoms with van der Waals surface area (Å²) in [6, 6.07) is 6.19. The maximum atomic E-state index is 13.6. The molecule has 0 aliphatic carbocycles. The highest BCUT2D eigenvalue weighted by Gasteiger charge is 2.47. The number of esters is 1. The van der Waals surface area contributed by atoms with E-state index in [1.54, 1.807) is 12.1 Å². The van der Waals surface area contributed by atoms with Crippen LogP contribution in [0.25, 0.3) is 0 Å². The highest BCUT2D eigenvalue weighted by Crippen LogP contribution is 2.29. The van der Waals surface area contributed by atoms with Crippen molar-refractivity contribution in [3.8, 4) is 0 Å². The molecule has 1 unspecified atom stereocenters. The number of cyclic esters (lactones) is 1. The van der Waals surface area contributed by atoms with Gasteiger partial charge in [0.1, 0.15) is 0 Å². The summed E-state index contributed by atoms with van der Waals surface area (Å²) in [5.41, 5.74) is 0.561. The standard InChI is InChI=1S/C10H7FO4/c11-10(9(13)14)5-6-3-1-2-4-7(6)8(12)15-10/h1-4H,5H2,(H,13,14). The number of carbonyl (C=O) groups excluding carboxylic acids is 1. The SMILES string of the molecule is O=C1OC(F)(C(=O)O)Cc2ccccc21. The molecule has 0 bridgehead atoms. The second-order valence-corrected chi connectivity index (χ2v) is 3.26. The summed E-state index contributed by atoms with van der Waals surface area (Å²) in [6.07, 6.45) is -0.454. The number of fused-ring (bicyclic) bond motifs is 1. The third-order valence-electron chi connectivity index (χ3n) is 2.23. The number of rotatable bonds is 1. The van der Waals surface area contributed by atoms with Gasteiger partial charge in [-0.1, -0.05) is 18.2 Å². The van der Waals surface area contributed by atoms with Crippen molar-refractivity contribution in [1.82, 2.24) is 0 Å². The number of carboxylic acid groups (broad SMARTS) is 1. The van der Waals surface area contributed by atoms with Crippen molar-refractivity contribution < 1.29 is 23.8 Å². The predicted octanol–water partition coefficient (Wildman–Crippen LogP) is 1.15. The van der Waals surface area contributed by atoms with Gasteiger partial charge in [-0.05, 0) is 11.6 Å². The van der Waals surface area contributed by atoms with Crippen molar-refractivity contribution in [2.24, 2.45) is 0 Å². The highest BCUT2D eigenvalue weighted by molar-refractivity contribution is 5.95. The molecule has 0 fully saturated rings. The lowest BCUT2D eigenvalue weighted by molar-refractivity contribution is -0.182. The number of halogens is 1. The highest BCUT2D eigenvalue weighted by atomic mass is 19.2. The van der Waals surface area contributed by atoms with E-state index in [0.717, 1.165) is 0 Å². The minimum absolute atomic E-state index is 0.215. The molecule has 1 aliphatic rings. The molecule has 1 heterocycles. The van der Waals surface area contributed by atoms with Gasteiger partial charge in [0.2, 0.25) is 0 Å². The van der Waals surface area contributed by atoms with Crippen molar-refractivity contribution in [3.05, 3.63) is 35.4 Å². The Labute approximate surface area is 84.3 Å². The van der Waals surface area contributed by atoms with Crippen molar-refractivity contribution >= 4 is 11.9 Å². The van der Waals surface area contributed by atoms with Crippen LogP contribution >= 0.6 is 0 Å². The Balaban J connectivity index is 2.47. The fourth-order valence-electron chi connectivity index (χ4n) is 1.48. The molecule has 4 nitrogen and oxygen atoms in total.